The zero-order valence-electron chi connectivity index (χ0n) is 14.4. The van der Waals surface area contributed by atoms with Crippen LogP contribution < -0.4 is 10.2 Å². The van der Waals surface area contributed by atoms with E-state index in [4.69, 9.17) is 0 Å². The fourth-order valence-electron chi connectivity index (χ4n) is 2.64. The molecule has 5 heteroatoms. The maximum atomic E-state index is 13.8. The zero-order valence-corrected chi connectivity index (χ0v) is 14.4. The van der Waals surface area contributed by atoms with E-state index in [2.05, 4.69) is 22.2 Å². The van der Waals surface area contributed by atoms with E-state index in [1.807, 2.05) is 54.3 Å². The molecule has 1 heterocycles. The molecule has 0 aliphatic rings. The minimum Gasteiger partial charge on any atom is -0.366 e. The van der Waals surface area contributed by atoms with Crippen LogP contribution in [0.4, 0.5) is 21.8 Å². The van der Waals surface area contributed by atoms with Crippen LogP contribution in [0, 0.1) is 12.7 Å². The highest BCUT2D eigenvalue weighted by Crippen LogP contribution is 2.23. The molecule has 0 radical (unpaired) electrons. The molecule has 2 aromatic carbocycles. The first-order chi connectivity index (χ1) is 12.2. The number of rotatable bonds is 6. The van der Waals surface area contributed by atoms with Crippen molar-refractivity contribution in [2.75, 3.05) is 16.8 Å². The van der Waals surface area contributed by atoms with Gasteiger partial charge in [-0.2, -0.15) is 4.98 Å². The van der Waals surface area contributed by atoms with E-state index in [0.29, 0.717) is 23.9 Å². The summed E-state index contributed by atoms with van der Waals surface area (Å²) in [6, 6.07) is 18.6. The highest BCUT2D eigenvalue weighted by molar-refractivity contribution is 5.58. The normalized spacial score (nSPS) is 10.5. The second-order valence-corrected chi connectivity index (χ2v) is 5.72. The number of nitrogens with zero attached hydrogens (tertiary/aromatic N) is 3. The van der Waals surface area contributed by atoms with Crippen molar-refractivity contribution in [2.24, 2.45) is 0 Å². The van der Waals surface area contributed by atoms with Crippen molar-refractivity contribution in [1.29, 1.82) is 0 Å². The van der Waals surface area contributed by atoms with Crippen LogP contribution in [0.2, 0.25) is 0 Å². The molecule has 25 heavy (non-hydrogen) atoms. The average Bonchev–Trinajstić information content (AvgIpc) is 2.62. The summed E-state index contributed by atoms with van der Waals surface area (Å²) in [6.45, 7) is 5.11. The van der Waals surface area contributed by atoms with Crippen LogP contribution >= 0.6 is 0 Å². The van der Waals surface area contributed by atoms with Gasteiger partial charge in [0.25, 0.3) is 0 Å². The molecule has 0 unspecified atom stereocenters. The molecule has 0 saturated heterocycles. The molecule has 0 spiro atoms. The number of anilines is 3. The van der Waals surface area contributed by atoms with Gasteiger partial charge in [-0.3, -0.25) is 0 Å². The Kier molecular flexibility index (Phi) is 5.23. The smallest absolute Gasteiger partial charge is 0.232 e. The Bertz CT molecular complexity index is 836. The van der Waals surface area contributed by atoms with E-state index in [-0.39, 0.29) is 5.82 Å². The molecule has 1 aromatic heterocycles. The third-order valence-electron chi connectivity index (χ3n) is 3.89. The molecular weight excluding hydrogens is 315 g/mol. The van der Waals surface area contributed by atoms with E-state index in [1.54, 1.807) is 12.1 Å². The summed E-state index contributed by atoms with van der Waals surface area (Å²) in [6.07, 6.45) is 0. The van der Waals surface area contributed by atoms with E-state index in [0.717, 1.165) is 17.9 Å². The average molecular weight is 336 g/mol. The molecule has 3 aromatic rings. The minimum absolute atomic E-state index is 0.222. The molecule has 0 bridgehead atoms. The van der Waals surface area contributed by atoms with Gasteiger partial charge in [0, 0.05) is 36.1 Å². The van der Waals surface area contributed by atoms with E-state index in [9.17, 15) is 4.39 Å². The van der Waals surface area contributed by atoms with Crippen molar-refractivity contribution >= 4 is 17.5 Å². The first kappa shape index (κ1) is 16.9. The van der Waals surface area contributed by atoms with Crippen LogP contribution in [-0.4, -0.2) is 16.5 Å². The molecule has 3 rings (SSSR count). The van der Waals surface area contributed by atoms with Gasteiger partial charge in [-0.25, -0.2) is 9.37 Å². The summed E-state index contributed by atoms with van der Waals surface area (Å²) < 4.78 is 13.8. The summed E-state index contributed by atoms with van der Waals surface area (Å²) in [5, 5.41) is 3.20. The Hall–Kier alpha value is -2.95. The van der Waals surface area contributed by atoms with Gasteiger partial charge >= 0.3 is 0 Å². The van der Waals surface area contributed by atoms with Gasteiger partial charge in [0.05, 0.1) is 0 Å². The van der Waals surface area contributed by atoms with Gasteiger partial charge in [-0.1, -0.05) is 36.4 Å². The van der Waals surface area contributed by atoms with Crippen LogP contribution in [0.5, 0.6) is 0 Å². The van der Waals surface area contributed by atoms with Gasteiger partial charge in [-0.05, 0) is 32.0 Å². The van der Waals surface area contributed by atoms with E-state index in [1.165, 1.54) is 6.07 Å². The highest BCUT2D eigenvalue weighted by atomic mass is 19.1. The van der Waals surface area contributed by atoms with Gasteiger partial charge in [0.2, 0.25) is 5.95 Å². The lowest BCUT2D eigenvalue weighted by molar-refractivity contribution is 0.613. The Balaban J connectivity index is 1.84. The zero-order chi connectivity index (χ0) is 17.6. The van der Waals surface area contributed by atoms with Gasteiger partial charge < -0.3 is 10.2 Å². The summed E-state index contributed by atoms with van der Waals surface area (Å²) >= 11 is 0. The van der Waals surface area contributed by atoms with Crippen molar-refractivity contribution in [1.82, 2.24) is 9.97 Å². The number of hydrogen-bond acceptors (Lipinski definition) is 4. The largest absolute Gasteiger partial charge is 0.366 e. The third-order valence-corrected chi connectivity index (χ3v) is 3.89. The Morgan fingerprint density at radius 1 is 1.00 bits per heavy atom. The first-order valence-corrected chi connectivity index (χ1v) is 8.33. The quantitative estimate of drug-likeness (QED) is 0.709. The number of aromatic nitrogens is 2. The van der Waals surface area contributed by atoms with Crippen LogP contribution in [0.15, 0.2) is 60.7 Å². The lowest BCUT2D eigenvalue weighted by Crippen LogP contribution is -2.19. The number of nitrogens with one attached hydrogen (secondary N) is 1. The lowest BCUT2D eigenvalue weighted by atomic mass is 10.2. The molecule has 0 aliphatic heterocycles. The Labute approximate surface area is 147 Å². The maximum Gasteiger partial charge on any atom is 0.232 e. The van der Waals surface area contributed by atoms with Gasteiger partial charge in [-0.15, -0.1) is 0 Å². The predicted octanol–water partition coefficient (Wildman–Crippen LogP) is 4.69. The van der Waals surface area contributed by atoms with Crippen molar-refractivity contribution in [2.45, 2.75) is 20.4 Å². The standard InChI is InChI=1S/C20H21FN4/c1-3-25(17-10-5-4-6-11-17)20-23-15(2)13-19(24-20)22-14-16-9-7-8-12-18(16)21/h4-13H,3,14H2,1-2H3,(H,22,23,24). The second kappa shape index (κ2) is 7.75. The van der Waals surface area contributed by atoms with Crippen molar-refractivity contribution < 1.29 is 4.39 Å². The molecule has 0 amide bonds. The topological polar surface area (TPSA) is 41.1 Å². The van der Waals surface area contributed by atoms with Crippen molar-refractivity contribution in [3.63, 3.8) is 0 Å². The predicted molar refractivity (Wildman–Crippen MR) is 99.6 cm³/mol. The number of halogens is 1. The monoisotopic (exact) mass is 336 g/mol. The lowest BCUT2D eigenvalue weighted by Gasteiger charge is -2.22. The van der Waals surface area contributed by atoms with Crippen molar-refractivity contribution in [3.05, 3.63) is 77.7 Å². The number of para-hydroxylation sites is 1. The second-order valence-electron chi connectivity index (χ2n) is 5.72. The van der Waals surface area contributed by atoms with Crippen LogP contribution in [-0.2, 0) is 6.54 Å². The molecule has 128 valence electrons. The van der Waals surface area contributed by atoms with Gasteiger partial charge in [0.1, 0.15) is 11.6 Å². The summed E-state index contributed by atoms with van der Waals surface area (Å²) in [5.41, 5.74) is 2.50. The minimum atomic E-state index is -0.222. The van der Waals surface area contributed by atoms with Crippen LogP contribution in [0.25, 0.3) is 0 Å². The van der Waals surface area contributed by atoms with Crippen LogP contribution in [0.3, 0.4) is 0 Å². The van der Waals surface area contributed by atoms with Crippen LogP contribution in [0.1, 0.15) is 18.2 Å². The molecule has 0 aliphatic carbocycles. The highest BCUT2D eigenvalue weighted by Gasteiger charge is 2.12. The summed E-state index contributed by atoms with van der Waals surface area (Å²) in [4.78, 5) is 11.2. The van der Waals surface area contributed by atoms with E-state index < -0.39 is 0 Å². The molecule has 0 saturated carbocycles. The fourth-order valence-corrected chi connectivity index (χ4v) is 2.64. The van der Waals surface area contributed by atoms with E-state index >= 15 is 0 Å². The molecule has 1 N–H and O–H groups in total. The first-order valence-electron chi connectivity index (χ1n) is 8.33. The van der Waals surface area contributed by atoms with Crippen molar-refractivity contribution in [3.8, 4) is 0 Å². The summed E-state index contributed by atoms with van der Waals surface area (Å²) in [5.74, 6) is 1.09. The number of hydrogen-bond donors (Lipinski definition) is 1. The molecule has 4 nitrogen and oxygen atoms in total. The molecular formula is C20H21FN4. The maximum absolute atomic E-state index is 13.8. The number of benzene rings is 2. The van der Waals surface area contributed by atoms with Gasteiger partial charge in [0.15, 0.2) is 0 Å². The fraction of sp³-hybridized carbons (Fsp3) is 0.200. The number of aryl methyl sites for hydroxylation is 1. The molecule has 0 fully saturated rings. The third kappa shape index (κ3) is 4.12. The Morgan fingerprint density at radius 3 is 2.44 bits per heavy atom. The Morgan fingerprint density at radius 2 is 1.72 bits per heavy atom. The SMILES string of the molecule is CCN(c1ccccc1)c1nc(C)cc(NCc2ccccc2F)n1. The molecule has 0 atom stereocenters. The summed E-state index contributed by atoms with van der Waals surface area (Å²) in [7, 11) is 0.